The van der Waals surface area contributed by atoms with E-state index in [-0.39, 0.29) is 38.7 Å². The lowest BCUT2D eigenvalue weighted by Crippen LogP contribution is -2.19. The maximum atomic E-state index is 14.2. The van der Waals surface area contributed by atoms with Gasteiger partial charge in [-0.25, -0.2) is 22.1 Å². The quantitative estimate of drug-likeness (QED) is 0.196. The van der Waals surface area contributed by atoms with Gasteiger partial charge < -0.3 is 10.7 Å². The molecule has 0 aliphatic heterocycles. The van der Waals surface area contributed by atoms with Crippen LogP contribution in [0.5, 0.6) is 0 Å². The third-order valence-electron chi connectivity index (χ3n) is 7.81. The van der Waals surface area contributed by atoms with E-state index in [1.165, 1.54) is 47.3 Å². The summed E-state index contributed by atoms with van der Waals surface area (Å²) in [6, 6.07) is 18.9. The summed E-state index contributed by atoms with van der Waals surface area (Å²) in [7, 11) is -4.42. The number of anilines is 1. The number of aromatic amines is 1. The Labute approximate surface area is 265 Å². The van der Waals surface area contributed by atoms with E-state index < -0.39 is 27.5 Å². The number of nitrogens with zero attached hydrogens (tertiary/aromatic N) is 5. The molecule has 236 valence electrons. The Hall–Kier alpha value is -5.76. The molecule has 4 aromatic heterocycles. The van der Waals surface area contributed by atoms with E-state index in [1.54, 1.807) is 37.3 Å². The van der Waals surface area contributed by atoms with Crippen molar-refractivity contribution >= 4 is 43.6 Å². The first kappa shape index (κ1) is 29.9. The molecule has 0 radical (unpaired) electrons. The van der Waals surface area contributed by atoms with Crippen molar-refractivity contribution in [3.63, 3.8) is 0 Å². The number of halogens is 3. The van der Waals surface area contributed by atoms with Crippen molar-refractivity contribution in [3.05, 3.63) is 119 Å². The Morgan fingerprint density at radius 1 is 0.936 bits per heavy atom. The Balaban J connectivity index is 1.40. The summed E-state index contributed by atoms with van der Waals surface area (Å²) >= 11 is 0. The summed E-state index contributed by atoms with van der Waals surface area (Å²) in [5, 5.41) is 4.67. The number of nitrogens with two attached hydrogens (primary N) is 1. The van der Waals surface area contributed by atoms with Crippen LogP contribution in [0.2, 0.25) is 0 Å². The molecule has 7 aromatic rings. The van der Waals surface area contributed by atoms with Crippen molar-refractivity contribution in [2.24, 2.45) is 0 Å². The van der Waals surface area contributed by atoms with Crippen LogP contribution in [-0.4, -0.2) is 42.9 Å². The standard InChI is InChI=1S/C33H24F3N7O3S/c1-18-3-8-24(9-4-18)47(45,46)43-29-13-20(27-15-22(11-12-38-27)33(34,35)36)5-6-21(29)14-30(43)31(44)25-17-39-42(32(25)37)23-7-10-26-28(16-23)41-19(2)40-26/h3-17H,37H2,1-2H3,(H,40,41). The Kier molecular flexibility index (Phi) is 6.79. The number of hydrogen-bond donors (Lipinski definition) is 2. The minimum atomic E-state index is -4.61. The van der Waals surface area contributed by atoms with Gasteiger partial charge in [0, 0.05) is 17.1 Å². The molecule has 0 saturated carbocycles. The average Bonchev–Trinajstić information content (AvgIpc) is 3.73. The van der Waals surface area contributed by atoms with Crippen molar-refractivity contribution < 1.29 is 26.4 Å². The summed E-state index contributed by atoms with van der Waals surface area (Å²) in [5.41, 5.74) is 8.36. The molecule has 3 aromatic carbocycles. The second-order valence-corrected chi connectivity index (χ2v) is 12.8. The topological polar surface area (TPSA) is 142 Å². The largest absolute Gasteiger partial charge is 0.416 e. The van der Waals surface area contributed by atoms with Gasteiger partial charge in [0.1, 0.15) is 17.3 Å². The zero-order chi connectivity index (χ0) is 33.2. The SMILES string of the molecule is Cc1ccc(S(=O)(=O)n2c(C(=O)c3cnn(-c4ccc5nc(C)[nH]c5c4)c3N)cc3ccc(-c4cc(C(F)(F)F)ccn4)cc32)cc1. The minimum Gasteiger partial charge on any atom is -0.383 e. The molecule has 4 heterocycles. The molecule has 0 saturated heterocycles. The molecule has 0 atom stereocenters. The van der Waals surface area contributed by atoms with Crippen LogP contribution in [0.4, 0.5) is 19.0 Å². The zero-order valence-corrected chi connectivity index (χ0v) is 25.6. The first-order valence-electron chi connectivity index (χ1n) is 14.2. The monoisotopic (exact) mass is 655 g/mol. The van der Waals surface area contributed by atoms with Crippen LogP contribution < -0.4 is 5.73 Å². The van der Waals surface area contributed by atoms with Crippen LogP contribution >= 0.6 is 0 Å². The number of nitrogen functional groups attached to an aromatic ring is 1. The predicted molar refractivity (Wildman–Crippen MR) is 170 cm³/mol. The van der Waals surface area contributed by atoms with E-state index in [4.69, 9.17) is 5.73 Å². The molecular formula is C33H24F3N7O3S. The molecular weight excluding hydrogens is 631 g/mol. The van der Waals surface area contributed by atoms with Crippen LogP contribution in [0, 0.1) is 13.8 Å². The van der Waals surface area contributed by atoms with Gasteiger partial charge in [0.2, 0.25) is 5.78 Å². The normalized spacial score (nSPS) is 12.3. The number of carbonyl (C=O) groups excluding carboxylic acids is 1. The molecule has 0 aliphatic rings. The fourth-order valence-electron chi connectivity index (χ4n) is 5.47. The number of H-pyrrole nitrogens is 1. The molecule has 7 rings (SSSR count). The number of aromatic nitrogens is 6. The lowest BCUT2D eigenvalue weighted by Gasteiger charge is -2.13. The second-order valence-electron chi connectivity index (χ2n) is 11.0. The summed E-state index contributed by atoms with van der Waals surface area (Å²) < 4.78 is 71.1. The molecule has 0 aliphatic carbocycles. The first-order chi connectivity index (χ1) is 22.3. The molecule has 10 nitrogen and oxygen atoms in total. The number of carbonyl (C=O) groups is 1. The lowest BCUT2D eigenvalue weighted by atomic mass is 10.1. The van der Waals surface area contributed by atoms with Crippen LogP contribution in [0.25, 0.3) is 38.9 Å². The van der Waals surface area contributed by atoms with Crippen molar-refractivity contribution in [2.75, 3.05) is 5.73 Å². The number of aryl methyl sites for hydroxylation is 2. The summed E-state index contributed by atoms with van der Waals surface area (Å²) in [5.74, 6) is -0.0297. The molecule has 0 fully saturated rings. The molecule has 47 heavy (non-hydrogen) atoms. The summed E-state index contributed by atoms with van der Waals surface area (Å²) in [6.07, 6.45) is -2.31. The fraction of sp³-hybridized carbons (Fsp3) is 0.0909. The van der Waals surface area contributed by atoms with Crippen molar-refractivity contribution in [3.8, 4) is 16.9 Å². The number of rotatable bonds is 6. The Bertz CT molecular complexity index is 2480. The van der Waals surface area contributed by atoms with E-state index in [9.17, 15) is 26.4 Å². The highest BCUT2D eigenvalue weighted by Gasteiger charge is 2.32. The van der Waals surface area contributed by atoms with Gasteiger partial charge in [0.15, 0.2) is 0 Å². The zero-order valence-electron chi connectivity index (χ0n) is 24.7. The molecule has 3 N–H and O–H groups in total. The van der Waals surface area contributed by atoms with E-state index in [0.717, 1.165) is 44.7 Å². The smallest absolute Gasteiger partial charge is 0.383 e. The minimum absolute atomic E-state index is 0.0231. The number of alkyl halides is 3. The fourth-order valence-corrected chi connectivity index (χ4v) is 6.97. The Morgan fingerprint density at radius 2 is 1.70 bits per heavy atom. The van der Waals surface area contributed by atoms with E-state index in [0.29, 0.717) is 11.1 Å². The van der Waals surface area contributed by atoms with E-state index in [1.807, 2.05) is 6.92 Å². The predicted octanol–water partition coefficient (Wildman–Crippen LogP) is 6.45. The molecule has 0 amide bonds. The van der Waals surface area contributed by atoms with Gasteiger partial charge in [-0.2, -0.15) is 18.3 Å². The summed E-state index contributed by atoms with van der Waals surface area (Å²) in [4.78, 5) is 25.7. The second kappa shape index (κ2) is 10.7. The molecule has 0 spiro atoms. The van der Waals surface area contributed by atoms with E-state index >= 15 is 0 Å². The van der Waals surface area contributed by atoms with Gasteiger partial charge in [0.05, 0.1) is 50.2 Å². The van der Waals surface area contributed by atoms with Crippen molar-refractivity contribution in [2.45, 2.75) is 24.9 Å². The summed E-state index contributed by atoms with van der Waals surface area (Å²) in [6.45, 7) is 3.62. The highest BCUT2D eigenvalue weighted by Crippen LogP contribution is 2.34. The highest BCUT2D eigenvalue weighted by atomic mass is 32.2. The third-order valence-corrected chi connectivity index (χ3v) is 9.56. The number of hydrogen-bond acceptors (Lipinski definition) is 7. The van der Waals surface area contributed by atoms with Crippen LogP contribution in [0.3, 0.4) is 0 Å². The first-order valence-corrected chi connectivity index (χ1v) is 15.6. The van der Waals surface area contributed by atoms with Crippen LogP contribution in [-0.2, 0) is 16.2 Å². The Morgan fingerprint density at radius 3 is 2.45 bits per heavy atom. The van der Waals surface area contributed by atoms with Gasteiger partial charge in [-0.05, 0) is 68.4 Å². The molecule has 14 heteroatoms. The van der Waals surface area contributed by atoms with Crippen molar-refractivity contribution in [1.29, 1.82) is 0 Å². The maximum Gasteiger partial charge on any atom is 0.416 e. The number of ketones is 1. The number of imidazole rings is 1. The number of nitrogens with one attached hydrogen (secondary N) is 1. The molecule has 0 unspecified atom stereocenters. The molecule has 0 bridgehead atoms. The van der Waals surface area contributed by atoms with E-state index in [2.05, 4.69) is 20.1 Å². The van der Waals surface area contributed by atoms with Gasteiger partial charge in [-0.1, -0.05) is 29.8 Å². The lowest BCUT2D eigenvalue weighted by molar-refractivity contribution is -0.137. The van der Waals surface area contributed by atoms with Gasteiger partial charge in [-0.3, -0.25) is 9.78 Å². The van der Waals surface area contributed by atoms with Gasteiger partial charge >= 0.3 is 6.18 Å². The third kappa shape index (κ3) is 5.12. The maximum absolute atomic E-state index is 14.2. The van der Waals surface area contributed by atoms with Crippen LogP contribution in [0.15, 0.2) is 96.2 Å². The number of pyridine rings is 1. The van der Waals surface area contributed by atoms with Crippen LogP contribution in [0.1, 0.15) is 33.0 Å². The number of benzene rings is 3. The average molecular weight is 656 g/mol. The van der Waals surface area contributed by atoms with Gasteiger partial charge in [-0.15, -0.1) is 0 Å². The van der Waals surface area contributed by atoms with Crippen molar-refractivity contribution in [1.82, 2.24) is 28.7 Å². The highest BCUT2D eigenvalue weighted by molar-refractivity contribution is 7.90. The van der Waals surface area contributed by atoms with Gasteiger partial charge in [0.25, 0.3) is 10.0 Å². The number of fused-ring (bicyclic) bond motifs is 2.